The molecule has 23 heavy (non-hydrogen) atoms. The number of benzene rings is 2. The average molecular weight is 328 g/mol. The van der Waals surface area contributed by atoms with Crippen LogP contribution in [0.1, 0.15) is 15.9 Å². The number of aromatic nitrogens is 1. The van der Waals surface area contributed by atoms with E-state index in [1.807, 2.05) is 36.4 Å². The van der Waals surface area contributed by atoms with E-state index in [-0.39, 0.29) is 0 Å². The van der Waals surface area contributed by atoms with Crippen LogP contribution in [0, 0.1) is 0 Å². The number of carbonyl (C=O) groups excluding carboxylic acids is 1. The molecule has 0 atom stereocenters. The van der Waals surface area contributed by atoms with Gasteiger partial charge in [0, 0.05) is 28.2 Å². The molecule has 0 aliphatic carbocycles. The first-order valence-corrected chi connectivity index (χ1v) is 7.65. The SMILES string of the molecule is O=Cc1c[nH]c2cc(Cl)c(-c3ccc(C4(O)COC4)cc3)cc12. The predicted molar refractivity (Wildman–Crippen MR) is 88.8 cm³/mol. The van der Waals surface area contributed by atoms with E-state index < -0.39 is 5.60 Å². The third-order valence-corrected chi connectivity index (χ3v) is 4.66. The third-order valence-electron chi connectivity index (χ3n) is 4.34. The molecule has 4 nitrogen and oxygen atoms in total. The lowest BCUT2D eigenvalue weighted by molar-refractivity contribution is -0.184. The number of fused-ring (bicyclic) bond motifs is 1. The van der Waals surface area contributed by atoms with Crippen LogP contribution >= 0.6 is 11.6 Å². The Kier molecular flexibility index (Phi) is 3.27. The van der Waals surface area contributed by atoms with Gasteiger partial charge in [0.15, 0.2) is 6.29 Å². The molecule has 4 rings (SSSR count). The summed E-state index contributed by atoms with van der Waals surface area (Å²) in [5.41, 5.74) is 3.18. The number of hydrogen-bond acceptors (Lipinski definition) is 3. The highest BCUT2D eigenvalue weighted by molar-refractivity contribution is 6.34. The molecule has 0 amide bonds. The summed E-state index contributed by atoms with van der Waals surface area (Å²) < 4.78 is 5.08. The molecular formula is C18H14ClNO3. The molecule has 0 bridgehead atoms. The second-order valence-electron chi connectivity index (χ2n) is 5.84. The molecule has 116 valence electrons. The van der Waals surface area contributed by atoms with E-state index in [1.54, 1.807) is 6.20 Å². The van der Waals surface area contributed by atoms with Crippen molar-refractivity contribution in [2.75, 3.05) is 13.2 Å². The van der Waals surface area contributed by atoms with E-state index in [0.29, 0.717) is 23.8 Å². The van der Waals surface area contributed by atoms with Crippen LogP contribution in [0.15, 0.2) is 42.6 Å². The minimum atomic E-state index is -0.877. The monoisotopic (exact) mass is 327 g/mol. The van der Waals surface area contributed by atoms with E-state index >= 15 is 0 Å². The molecule has 2 heterocycles. The van der Waals surface area contributed by atoms with Crippen LogP contribution in [0.25, 0.3) is 22.0 Å². The number of rotatable bonds is 3. The van der Waals surface area contributed by atoms with Gasteiger partial charge in [-0.3, -0.25) is 4.79 Å². The topological polar surface area (TPSA) is 62.3 Å². The molecule has 2 N–H and O–H groups in total. The van der Waals surface area contributed by atoms with Gasteiger partial charge in [0.05, 0.1) is 18.2 Å². The lowest BCUT2D eigenvalue weighted by Crippen LogP contribution is -2.46. The molecular weight excluding hydrogens is 314 g/mol. The zero-order chi connectivity index (χ0) is 16.0. The zero-order valence-electron chi connectivity index (χ0n) is 12.2. The molecule has 2 aromatic carbocycles. The summed E-state index contributed by atoms with van der Waals surface area (Å²) in [6, 6.07) is 11.3. The third kappa shape index (κ3) is 2.27. The van der Waals surface area contributed by atoms with Crippen LogP contribution in [0.3, 0.4) is 0 Å². The van der Waals surface area contributed by atoms with E-state index in [2.05, 4.69) is 4.98 Å². The van der Waals surface area contributed by atoms with Crippen LogP contribution < -0.4 is 0 Å². The molecule has 5 heteroatoms. The van der Waals surface area contributed by atoms with Crippen molar-refractivity contribution in [2.45, 2.75) is 5.60 Å². The molecule has 0 saturated carbocycles. The van der Waals surface area contributed by atoms with Crippen LogP contribution in [-0.2, 0) is 10.3 Å². The van der Waals surface area contributed by atoms with Gasteiger partial charge < -0.3 is 14.8 Å². The number of H-pyrrole nitrogens is 1. The van der Waals surface area contributed by atoms with E-state index in [9.17, 15) is 9.90 Å². The molecule has 0 radical (unpaired) electrons. The zero-order valence-corrected chi connectivity index (χ0v) is 12.9. The van der Waals surface area contributed by atoms with Crippen molar-refractivity contribution < 1.29 is 14.6 Å². The molecule has 1 aliphatic heterocycles. The van der Waals surface area contributed by atoms with Crippen LogP contribution in [-0.4, -0.2) is 29.6 Å². The van der Waals surface area contributed by atoms with Gasteiger partial charge in [-0.1, -0.05) is 35.9 Å². The van der Waals surface area contributed by atoms with Crippen molar-refractivity contribution in [2.24, 2.45) is 0 Å². The molecule has 1 saturated heterocycles. The largest absolute Gasteiger partial charge is 0.380 e. The first-order chi connectivity index (χ1) is 11.1. The summed E-state index contributed by atoms with van der Waals surface area (Å²) in [5, 5.41) is 11.7. The van der Waals surface area contributed by atoms with Gasteiger partial charge in [-0.05, 0) is 23.3 Å². The van der Waals surface area contributed by atoms with Gasteiger partial charge in [-0.15, -0.1) is 0 Å². The maximum atomic E-state index is 11.1. The number of aliphatic hydroxyl groups is 1. The van der Waals surface area contributed by atoms with Crippen LogP contribution in [0.5, 0.6) is 0 Å². The van der Waals surface area contributed by atoms with Gasteiger partial charge >= 0.3 is 0 Å². The molecule has 1 aromatic heterocycles. The fourth-order valence-corrected chi connectivity index (χ4v) is 3.18. The van der Waals surface area contributed by atoms with E-state index in [1.165, 1.54) is 0 Å². The maximum absolute atomic E-state index is 11.1. The van der Waals surface area contributed by atoms with Crippen molar-refractivity contribution in [3.8, 4) is 11.1 Å². The van der Waals surface area contributed by atoms with Crippen molar-refractivity contribution in [3.63, 3.8) is 0 Å². The molecule has 1 fully saturated rings. The van der Waals surface area contributed by atoms with Crippen molar-refractivity contribution in [3.05, 3.63) is 58.7 Å². The van der Waals surface area contributed by atoms with Crippen molar-refractivity contribution >= 4 is 28.8 Å². The molecule has 0 spiro atoms. The minimum Gasteiger partial charge on any atom is -0.380 e. The fourth-order valence-electron chi connectivity index (χ4n) is 2.91. The Labute approximate surface area is 137 Å². The Bertz CT molecular complexity index is 895. The Morgan fingerprint density at radius 3 is 2.57 bits per heavy atom. The second-order valence-corrected chi connectivity index (χ2v) is 6.25. The lowest BCUT2D eigenvalue weighted by atomic mass is 9.90. The first-order valence-electron chi connectivity index (χ1n) is 7.27. The summed E-state index contributed by atoms with van der Waals surface area (Å²) >= 11 is 6.38. The molecule has 1 aliphatic rings. The Hall–Kier alpha value is -2.14. The minimum absolute atomic E-state index is 0.325. The number of aromatic amines is 1. The van der Waals surface area contributed by atoms with Crippen LogP contribution in [0.2, 0.25) is 5.02 Å². The van der Waals surface area contributed by atoms with Crippen molar-refractivity contribution in [1.29, 1.82) is 0 Å². The number of halogens is 1. The first kappa shape index (κ1) is 14.5. The standard InChI is InChI=1S/C18H14ClNO3/c19-16-6-17-15(12(8-21)7-20-17)5-14(16)11-1-3-13(4-2-11)18(22)9-23-10-18/h1-8,20,22H,9-10H2. The van der Waals surface area contributed by atoms with E-state index in [0.717, 1.165) is 33.9 Å². The fraction of sp³-hybridized carbons (Fsp3) is 0.167. The summed E-state index contributed by atoms with van der Waals surface area (Å²) in [6.45, 7) is 0.649. The number of nitrogens with one attached hydrogen (secondary N) is 1. The highest BCUT2D eigenvalue weighted by atomic mass is 35.5. The quantitative estimate of drug-likeness (QED) is 0.723. The van der Waals surface area contributed by atoms with Gasteiger partial charge in [0.1, 0.15) is 5.60 Å². The summed E-state index contributed by atoms with van der Waals surface area (Å²) in [6.07, 6.45) is 2.50. The number of carbonyl (C=O) groups is 1. The van der Waals surface area contributed by atoms with Gasteiger partial charge in [-0.2, -0.15) is 0 Å². The highest BCUT2D eigenvalue weighted by Gasteiger charge is 2.37. The Morgan fingerprint density at radius 2 is 1.96 bits per heavy atom. The van der Waals surface area contributed by atoms with Crippen LogP contribution in [0.4, 0.5) is 0 Å². The van der Waals surface area contributed by atoms with Gasteiger partial charge in [0.2, 0.25) is 0 Å². The predicted octanol–water partition coefficient (Wildman–Crippen LogP) is 3.52. The highest BCUT2D eigenvalue weighted by Crippen LogP contribution is 2.35. The van der Waals surface area contributed by atoms with E-state index in [4.69, 9.17) is 16.3 Å². The number of hydrogen-bond donors (Lipinski definition) is 2. The molecule has 3 aromatic rings. The second kappa shape index (κ2) is 5.20. The van der Waals surface area contributed by atoms with Gasteiger partial charge in [0.25, 0.3) is 0 Å². The Balaban J connectivity index is 1.78. The smallest absolute Gasteiger partial charge is 0.152 e. The van der Waals surface area contributed by atoms with Gasteiger partial charge in [-0.25, -0.2) is 0 Å². The maximum Gasteiger partial charge on any atom is 0.152 e. The Morgan fingerprint density at radius 1 is 1.22 bits per heavy atom. The van der Waals surface area contributed by atoms with Crippen molar-refractivity contribution in [1.82, 2.24) is 4.98 Å². The molecule has 0 unspecified atom stereocenters. The summed E-state index contributed by atoms with van der Waals surface area (Å²) in [7, 11) is 0. The summed E-state index contributed by atoms with van der Waals surface area (Å²) in [4.78, 5) is 14.2. The number of ether oxygens (including phenoxy) is 1. The number of aldehydes is 1. The normalized spacial score (nSPS) is 16.3. The lowest BCUT2D eigenvalue weighted by Gasteiger charge is -2.36. The summed E-state index contributed by atoms with van der Waals surface area (Å²) in [5.74, 6) is 0. The average Bonchev–Trinajstić information content (AvgIpc) is 2.94.